The van der Waals surface area contributed by atoms with Crippen molar-refractivity contribution >= 4 is 11.6 Å². The van der Waals surface area contributed by atoms with Gasteiger partial charge < -0.3 is 10.3 Å². The summed E-state index contributed by atoms with van der Waals surface area (Å²) in [6.07, 6.45) is 7.46. The predicted octanol–water partition coefficient (Wildman–Crippen LogP) is 1.86. The van der Waals surface area contributed by atoms with Crippen molar-refractivity contribution < 1.29 is 4.79 Å². The zero-order chi connectivity index (χ0) is 15.8. The van der Waals surface area contributed by atoms with Gasteiger partial charge in [-0.2, -0.15) is 5.10 Å². The molecule has 0 aliphatic heterocycles. The standard InChI is InChI=1S/C16H18N6O/c1-10(15-17-6-7-18-15)9-19-16(23)13-8-12(11-2-3-11)21-14-4-5-20-22(13)14/h4-8,10-11H,2-3,9H2,1H3,(H,17,18)(H,19,23). The number of amides is 1. The molecule has 118 valence electrons. The first-order chi connectivity index (χ1) is 11.2. The van der Waals surface area contributed by atoms with Crippen LogP contribution in [0.15, 0.2) is 30.7 Å². The topological polar surface area (TPSA) is 88.0 Å². The lowest BCUT2D eigenvalue weighted by atomic mass is 10.1. The molecule has 7 heteroatoms. The van der Waals surface area contributed by atoms with Crippen molar-refractivity contribution in [3.63, 3.8) is 0 Å². The number of fused-ring (bicyclic) bond motifs is 1. The lowest BCUT2D eigenvalue weighted by Gasteiger charge is -2.12. The fraction of sp³-hybridized carbons (Fsp3) is 0.375. The number of hydrogen-bond acceptors (Lipinski definition) is 4. The van der Waals surface area contributed by atoms with Crippen molar-refractivity contribution in [2.24, 2.45) is 0 Å². The van der Waals surface area contributed by atoms with Gasteiger partial charge in [-0.1, -0.05) is 6.92 Å². The molecular weight excluding hydrogens is 292 g/mol. The average Bonchev–Trinajstić information content (AvgIpc) is 3.08. The number of imidazole rings is 1. The van der Waals surface area contributed by atoms with Gasteiger partial charge >= 0.3 is 0 Å². The molecule has 3 heterocycles. The van der Waals surface area contributed by atoms with Gasteiger partial charge in [0.1, 0.15) is 11.5 Å². The Hall–Kier alpha value is -2.70. The summed E-state index contributed by atoms with van der Waals surface area (Å²) < 4.78 is 1.60. The molecule has 2 N–H and O–H groups in total. The van der Waals surface area contributed by atoms with Gasteiger partial charge in [-0.05, 0) is 18.9 Å². The number of H-pyrrole nitrogens is 1. The predicted molar refractivity (Wildman–Crippen MR) is 84.3 cm³/mol. The van der Waals surface area contributed by atoms with Crippen LogP contribution in [0.1, 0.15) is 53.6 Å². The van der Waals surface area contributed by atoms with Crippen LogP contribution in [0.4, 0.5) is 0 Å². The number of aromatic amines is 1. The summed E-state index contributed by atoms with van der Waals surface area (Å²) in [5.74, 6) is 1.33. The van der Waals surface area contributed by atoms with E-state index in [1.54, 1.807) is 23.1 Å². The summed E-state index contributed by atoms with van der Waals surface area (Å²) in [4.78, 5) is 24.5. The number of carbonyl (C=O) groups excluding carboxylic acids is 1. The molecule has 3 aromatic rings. The Morgan fingerprint density at radius 3 is 3.09 bits per heavy atom. The van der Waals surface area contributed by atoms with E-state index < -0.39 is 0 Å². The highest BCUT2D eigenvalue weighted by Crippen LogP contribution is 2.39. The van der Waals surface area contributed by atoms with Gasteiger partial charge in [-0.25, -0.2) is 14.5 Å². The third kappa shape index (κ3) is 2.69. The van der Waals surface area contributed by atoms with Gasteiger partial charge in [-0.15, -0.1) is 0 Å². The van der Waals surface area contributed by atoms with Gasteiger partial charge in [0.25, 0.3) is 5.91 Å². The molecule has 0 spiro atoms. The Morgan fingerprint density at radius 1 is 1.48 bits per heavy atom. The van der Waals surface area contributed by atoms with Crippen LogP contribution < -0.4 is 5.32 Å². The maximum absolute atomic E-state index is 12.6. The van der Waals surface area contributed by atoms with Crippen molar-refractivity contribution in [2.75, 3.05) is 6.54 Å². The van der Waals surface area contributed by atoms with E-state index in [1.165, 1.54) is 0 Å². The van der Waals surface area contributed by atoms with E-state index in [1.807, 2.05) is 19.1 Å². The van der Waals surface area contributed by atoms with Gasteiger partial charge in [-0.3, -0.25) is 4.79 Å². The minimum Gasteiger partial charge on any atom is -0.350 e. The largest absolute Gasteiger partial charge is 0.350 e. The Bertz CT molecular complexity index is 834. The minimum atomic E-state index is -0.138. The zero-order valence-corrected chi connectivity index (χ0v) is 12.9. The summed E-state index contributed by atoms with van der Waals surface area (Å²) in [7, 11) is 0. The number of nitrogens with one attached hydrogen (secondary N) is 2. The second kappa shape index (κ2) is 5.49. The highest BCUT2D eigenvalue weighted by molar-refractivity contribution is 5.93. The summed E-state index contributed by atoms with van der Waals surface area (Å²) >= 11 is 0. The summed E-state index contributed by atoms with van der Waals surface area (Å²) in [5.41, 5.74) is 2.24. The molecule has 7 nitrogen and oxygen atoms in total. The number of rotatable bonds is 5. The molecule has 1 saturated carbocycles. The molecule has 1 fully saturated rings. The monoisotopic (exact) mass is 310 g/mol. The molecule has 1 unspecified atom stereocenters. The van der Waals surface area contributed by atoms with Crippen LogP contribution in [-0.4, -0.2) is 37.0 Å². The third-order valence-corrected chi connectivity index (χ3v) is 4.16. The minimum absolute atomic E-state index is 0.117. The highest BCUT2D eigenvalue weighted by Gasteiger charge is 2.27. The fourth-order valence-corrected chi connectivity index (χ4v) is 2.66. The van der Waals surface area contributed by atoms with Crippen molar-refractivity contribution in [3.8, 4) is 0 Å². The normalized spacial score (nSPS) is 15.7. The molecular formula is C16H18N6O. The van der Waals surface area contributed by atoms with E-state index in [-0.39, 0.29) is 11.8 Å². The van der Waals surface area contributed by atoms with Crippen LogP contribution >= 0.6 is 0 Å². The molecule has 1 aliphatic rings. The molecule has 3 aromatic heterocycles. The SMILES string of the molecule is CC(CNC(=O)c1cc(C2CC2)nc2ccnn12)c1ncc[nH]1. The van der Waals surface area contributed by atoms with E-state index in [4.69, 9.17) is 0 Å². The Morgan fingerprint density at radius 2 is 2.35 bits per heavy atom. The lowest BCUT2D eigenvalue weighted by Crippen LogP contribution is -2.30. The Kier molecular flexibility index (Phi) is 3.33. The Balaban J connectivity index is 1.55. The first kappa shape index (κ1) is 13.9. The van der Waals surface area contributed by atoms with Crippen LogP contribution in [0, 0.1) is 0 Å². The van der Waals surface area contributed by atoms with E-state index in [0.717, 1.165) is 30.0 Å². The number of aromatic nitrogens is 5. The molecule has 1 aliphatic carbocycles. The first-order valence-electron chi connectivity index (χ1n) is 7.84. The molecule has 0 saturated heterocycles. The van der Waals surface area contributed by atoms with Gasteiger partial charge in [0.2, 0.25) is 0 Å². The zero-order valence-electron chi connectivity index (χ0n) is 12.9. The molecule has 0 aromatic carbocycles. The molecule has 1 amide bonds. The molecule has 0 radical (unpaired) electrons. The summed E-state index contributed by atoms with van der Waals surface area (Å²) in [5, 5.41) is 7.18. The van der Waals surface area contributed by atoms with Crippen molar-refractivity contribution in [2.45, 2.75) is 31.6 Å². The second-order valence-electron chi connectivity index (χ2n) is 6.03. The third-order valence-electron chi connectivity index (χ3n) is 4.16. The van der Waals surface area contributed by atoms with Crippen LogP contribution in [-0.2, 0) is 0 Å². The van der Waals surface area contributed by atoms with Gasteiger partial charge in [0.15, 0.2) is 5.65 Å². The van der Waals surface area contributed by atoms with E-state index in [0.29, 0.717) is 18.2 Å². The van der Waals surface area contributed by atoms with E-state index in [2.05, 4.69) is 25.4 Å². The van der Waals surface area contributed by atoms with Crippen LogP contribution in [0.3, 0.4) is 0 Å². The van der Waals surface area contributed by atoms with Crippen molar-refractivity contribution in [3.05, 3.63) is 47.9 Å². The second-order valence-corrected chi connectivity index (χ2v) is 6.03. The fourth-order valence-electron chi connectivity index (χ4n) is 2.66. The molecule has 1 atom stereocenters. The van der Waals surface area contributed by atoms with Crippen molar-refractivity contribution in [1.29, 1.82) is 0 Å². The van der Waals surface area contributed by atoms with Crippen LogP contribution in [0.2, 0.25) is 0 Å². The van der Waals surface area contributed by atoms with Crippen LogP contribution in [0.25, 0.3) is 5.65 Å². The smallest absolute Gasteiger partial charge is 0.270 e. The Labute approximate surface area is 133 Å². The molecule has 23 heavy (non-hydrogen) atoms. The van der Waals surface area contributed by atoms with E-state index >= 15 is 0 Å². The van der Waals surface area contributed by atoms with Crippen molar-refractivity contribution in [1.82, 2.24) is 29.9 Å². The number of hydrogen-bond donors (Lipinski definition) is 2. The molecule has 0 bridgehead atoms. The molecule has 4 rings (SSSR count). The maximum atomic E-state index is 12.6. The average molecular weight is 310 g/mol. The van der Waals surface area contributed by atoms with Gasteiger partial charge in [0.05, 0.1) is 6.20 Å². The number of carbonyl (C=O) groups is 1. The van der Waals surface area contributed by atoms with Gasteiger partial charge in [0, 0.05) is 42.5 Å². The number of nitrogens with zero attached hydrogens (tertiary/aromatic N) is 4. The highest BCUT2D eigenvalue weighted by atomic mass is 16.2. The summed E-state index contributed by atoms with van der Waals surface area (Å²) in [6.45, 7) is 2.53. The first-order valence-corrected chi connectivity index (χ1v) is 7.84. The quantitative estimate of drug-likeness (QED) is 0.753. The lowest BCUT2D eigenvalue weighted by molar-refractivity contribution is 0.0943. The maximum Gasteiger partial charge on any atom is 0.270 e. The van der Waals surface area contributed by atoms with Crippen LogP contribution in [0.5, 0.6) is 0 Å². The summed E-state index contributed by atoms with van der Waals surface area (Å²) in [6, 6.07) is 3.69. The van der Waals surface area contributed by atoms with E-state index in [9.17, 15) is 4.79 Å².